The van der Waals surface area contributed by atoms with E-state index in [9.17, 15) is 0 Å². The molecule has 1 N–H and O–H groups in total. The number of benzene rings is 1. The van der Waals surface area contributed by atoms with E-state index in [0.717, 1.165) is 42.8 Å². The molecular formula is C20H34ClN5O. The number of rotatable bonds is 8. The molecule has 1 aliphatic rings. The highest BCUT2D eigenvalue weighted by molar-refractivity contribution is 6.30. The number of likely N-dealkylation sites (N-methyl/N-ethyl adjacent to an activating group) is 2. The average Bonchev–Trinajstić information content (AvgIpc) is 2.87. The highest BCUT2D eigenvalue weighted by Gasteiger charge is 2.11. The van der Waals surface area contributed by atoms with Crippen molar-refractivity contribution in [2.45, 2.75) is 12.8 Å². The molecule has 1 heterocycles. The molecule has 152 valence electrons. The Morgan fingerprint density at radius 3 is 2.74 bits per heavy atom. The van der Waals surface area contributed by atoms with Gasteiger partial charge in [-0.2, -0.15) is 0 Å². The van der Waals surface area contributed by atoms with Crippen LogP contribution in [0.3, 0.4) is 0 Å². The third-order valence-corrected chi connectivity index (χ3v) is 5.08. The van der Waals surface area contributed by atoms with E-state index in [-0.39, 0.29) is 0 Å². The molecule has 1 saturated heterocycles. The van der Waals surface area contributed by atoms with Gasteiger partial charge in [-0.15, -0.1) is 0 Å². The van der Waals surface area contributed by atoms with Crippen LogP contribution in [-0.4, -0.2) is 94.2 Å². The van der Waals surface area contributed by atoms with Crippen molar-refractivity contribution in [1.29, 1.82) is 0 Å². The molecule has 7 heteroatoms. The Kier molecular flexibility index (Phi) is 9.73. The Balaban J connectivity index is 1.61. The molecule has 1 aromatic carbocycles. The van der Waals surface area contributed by atoms with Gasteiger partial charge in [0.1, 0.15) is 12.4 Å². The second-order valence-corrected chi connectivity index (χ2v) is 7.49. The third kappa shape index (κ3) is 8.37. The van der Waals surface area contributed by atoms with Gasteiger partial charge in [-0.25, -0.2) is 0 Å². The monoisotopic (exact) mass is 395 g/mol. The first-order chi connectivity index (χ1) is 13.1. The zero-order valence-corrected chi connectivity index (χ0v) is 17.7. The van der Waals surface area contributed by atoms with Gasteiger partial charge in [-0.05, 0) is 63.8 Å². The molecule has 1 aliphatic heterocycles. The first-order valence-corrected chi connectivity index (χ1v) is 10.2. The van der Waals surface area contributed by atoms with Crippen molar-refractivity contribution in [1.82, 2.24) is 20.0 Å². The number of hydrogen-bond donors (Lipinski definition) is 1. The van der Waals surface area contributed by atoms with E-state index < -0.39 is 0 Å². The van der Waals surface area contributed by atoms with Crippen LogP contribution < -0.4 is 10.1 Å². The van der Waals surface area contributed by atoms with Gasteiger partial charge < -0.3 is 24.8 Å². The molecule has 0 saturated carbocycles. The molecule has 27 heavy (non-hydrogen) atoms. The first-order valence-electron chi connectivity index (χ1n) is 9.79. The minimum absolute atomic E-state index is 0.597. The summed E-state index contributed by atoms with van der Waals surface area (Å²) >= 11 is 5.89. The van der Waals surface area contributed by atoms with Crippen molar-refractivity contribution in [3.63, 3.8) is 0 Å². The van der Waals surface area contributed by atoms with Crippen molar-refractivity contribution in [2.24, 2.45) is 4.99 Å². The molecule has 0 amide bonds. The lowest BCUT2D eigenvalue weighted by atomic mass is 10.3. The summed E-state index contributed by atoms with van der Waals surface area (Å²) in [5.74, 6) is 1.74. The molecule has 0 aliphatic carbocycles. The minimum Gasteiger partial charge on any atom is -0.492 e. The quantitative estimate of drug-likeness (QED) is 0.415. The van der Waals surface area contributed by atoms with E-state index in [2.05, 4.69) is 32.1 Å². The lowest BCUT2D eigenvalue weighted by Gasteiger charge is -2.23. The van der Waals surface area contributed by atoms with Gasteiger partial charge in [0.25, 0.3) is 0 Å². The van der Waals surface area contributed by atoms with Gasteiger partial charge in [-0.1, -0.05) is 11.6 Å². The maximum Gasteiger partial charge on any atom is 0.193 e. The van der Waals surface area contributed by atoms with Crippen molar-refractivity contribution >= 4 is 17.6 Å². The van der Waals surface area contributed by atoms with Crippen LogP contribution in [0.1, 0.15) is 12.8 Å². The SMILES string of the molecule is CN=C(NCCCN1CCCN(C)CC1)N(C)CCOc1ccc(Cl)cc1. The fourth-order valence-corrected chi connectivity index (χ4v) is 3.27. The number of nitrogens with zero attached hydrogens (tertiary/aromatic N) is 4. The Morgan fingerprint density at radius 2 is 2.00 bits per heavy atom. The van der Waals surface area contributed by atoms with Crippen LogP contribution >= 0.6 is 11.6 Å². The fraction of sp³-hybridized carbons (Fsp3) is 0.650. The number of nitrogens with one attached hydrogen (secondary N) is 1. The standard InChI is InChI=1S/C20H34ClN5O/c1-22-20(23-10-4-12-26-13-5-11-24(2)14-15-26)25(3)16-17-27-19-8-6-18(21)7-9-19/h6-9H,4-5,10-17H2,1-3H3,(H,22,23). The highest BCUT2D eigenvalue weighted by atomic mass is 35.5. The van der Waals surface area contributed by atoms with Gasteiger partial charge in [0.2, 0.25) is 0 Å². The number of guanidine groups is 1. The fourth-order valence-electron chi connectivity index (χ4n) is 3.15. The van der Waals surface area contributed by atoms with E-state index in [4.69, 9.17) is 16.3 Å². The molecule has 1 fully saturated rings. The van der Waals surface area contributed by atoms with Gasteiger partial charge >= 0.3 is 0 Å². The molecule has 1 aromatic rings. The van der Waals surface area contributed by atoms with E-state index >= 15 is 0 Å². The largest absolute Gasteiger partial charge is 0.492 e. The summed E-state index contributed by atoms with van der Waals surface area (Å²) in [5, 5.41) is 4.17. The van der Waals surface area contributed by atoms with Crippen LogP contribution in [0.5, 0.6) is 5.75 Å². The summed E-state index contributed by atoms with van der Waals surface area (Å²) in [6.45, 7) is 8.20. The van der Waals surface area contributed by atoms with Crippen molar-refractivity contribution in [2.75, 3.05) is 73.6 Å². The van der Waals surface area contributed by atoms with E-state index in [1.165, 1.54) is 32.6 Å². The van der Waals surface area contributed by atoms with Crippen molar-refractivity contribution in [3.05, 3.63) is 29.3 Å². The molecule has 0 atom stereocenters. The van der Waals surface area contributed by atoms with Gasteiger partial charge in [0.15, 0.2) is 5.96 Å². The molecular weight excluding hydrogens is 362 g/mol. The average molecular weight is 396 g/mol. The second-order valence-electron chi connectivity index (χ2n) is 7.05. The van der Waals surface area contributed by atoms with E-state index in [1.54, 1.807) is 0 Å². The zero-order valence-electron chi connectivity index (χ0n) is 17.0. The lowest BCUT2D eigenvalue weighted by Crippen LogP contribution is -2.42. The van der Waals surface area contributed by atoms with Crippen LogP contribution in [0.4, 0.5) is 0 Å². The van der Waals surface area contributed by atoms with Crippen molar-refractivity contribution in [3.8, 4) is 5.75 Å². The molecule has 0 spiro atoms. The lowest BCUT2D eigenvalue weighted by molar-refractivity contribution is 0.271. The van der Waals surface area contributed by atoms with E-state index in [1.807, 2.05) is 38.4 Å². The molecule has 0 aromatic heterocycles. The molecule has 0 radical (unpaired) electrons. The topological polar surface area (TPSA) is 43.3 Å². The summed E-state index contributed by atoms with van der Waals surface area (Å²) in [6, 6.07) is 7.44. The molecule has 0 bridgehead atoms. The predicted molar refractivity (Wildman–Crippen MR) is 114 cm³/mol. The maximum atomic E-state index is 5.89. The van der Waals surface area contributed by atoms with Crippen LogP contribution in [0.25, 0.3) is 0 Å². The predicted octanol–water partition coefficient (Wildman–Crippen LogP) is 2.25. The number of ether oxygens (including phenoxy) is 1. The minimum atomic E-state index is 0.597. The normalized spacial score (nSPS) is 16.8. The Bertz CT molecular complexity index is 566. The number of halogens is 1. The van der Waals surface area contributed by atoms with Crippen molar-refractivity contribution < 1.29 is 4.74 Å². The third-order valence-electron chi connectivity index (χ3n) is 4.83. The van der Waals surface area contributed by atoms with Gasteiger partial charge in [-0.3, -0.25) is 4.99 Å². The molecule has 6 nitrogen and oxygen atoms in total. The van der Waals surface area contributed by atoms with Gasteiger partial charge in [0.05, 0.1) is 6.54 Å². The van der Waals surface area contributed by atoms with Crippen LogP contribution in [0, 0.1) is 0 Å². The summed E-state index contributed by atoms with van der Waals surface area (Å²) in [4.78, 5) is 11.5. The summed E-state index contributed by atoms with van der Waals surface area (Å²) in [6.07, 6.45) is 2.39. The maximum absolute atomic E-state index is 5.89. The summed E-state index contributed by atoms with van der Waals surface area (Å²) < 4.78 is 5.76. The summed E-state index contributed by atoms with van der Waals surface area (Å²) in [7, 11) is 6.07. The smallest absolute Gasteiger partial charge is 0.193 e. The van der Waals surface area contributed by atoms with Crippen LogP contribution in [0.2, 0.25) is 5.02 Å². The Morgan fingerprint density at radius 1 is 1.22 bits per heavy atom. The number of hydrogen-bond acceptors (Lipinski definition) is 4. The van der Waals surface area contributed by atoms with E-state index in [0.29, 0.717) is 6.61 Å². The van der Waals surface area contributed by atoms with Gasteiger partial charge in [0, 0.05) is 38.8 Å². The Labute approximate surface area is 169 Å². The second kappa shape index (κ2) is 12.1. The summed E-state index contributed by atoms with van der Waals surface area (Å²) in [5.41, 5.74) is 0. The van der Waals surface area contributed by atoms with Crippen LogP contribution in [0.15, 0.2) is 29.3 Å². The zero-order chi connectivity index (χ0) is 19.5. The Hall–Kier alpha value is -1.50. The molecule has 0 unspecified atom stereocenters. The highest BCUT2D eigenvalue weighted by Crippen LogP contribution is 2.15. The molecule has 2 rings (SSSR count). The first kappa shape index (κ1) is 21.8. The number of aliphatic imine (C=N–C) groups is 1. The van der Waals surface area contributed by atoms with Crippen LogP contribution in [-0.2, 0) is 0 Å².